The average molecular weight is 170 g/mol. The van der Waals surface area contributed by atoms with E-state index >= 15 is 0 Å². The molecule has 0 saturated heterocycles. The van der Waals surface area contributed by atoms with Crippen LogP contribution in [-0.2, 0) is 6.61 Å². The third-order valence-electron chi connectivity index (χ3n) is 1.34. The Hall–Kier alpha value is -1.69. The second-order valence-electron chi connectivity index (χ2n) is 2.11. The summed E-state index contributed by atoms with van der Waals surface area (Å²) in [6.07, 6.45) is 0. The molecule has 0 bridgehead atoms. The molecule has 64 valence electrons. The van der Waals surface area contributed by atoms with Crippen LogP contribution in [0.1, 0.15) is 5.56 Å². The number of H-pyrrole nitrogens is 1. The Morgan fingerprint density at radius 2 is 2.25 bits per heavy atom. The predicted octanol–water partition coefficient (Wildman–Crippen LogP) is -0.225. The van der Waals surface area contributed by atoms with Crippen molar-refractivity contribution in [2.45, 2.75) is 6.61 Å². The summed E-state index contributed by atoms with van der Waals surface area (Å²) in [5, 5.41) is 18.7. The quantitative estimate of drug-likeness (QED) is 0.473. The van der Waals surface area contributed by atoms with E-state index in [-0.39, 0.29) is 11.4 Å². The number of aromatic nitrogens is 1. The van der Waals surface area contributed by atoms with E-state index in [1.807, 2.05) is 4.98 Å². The van der Waals surface area contributed by atoms with Crippen LogP contribution in [0.15, 0.2) is 16.9 Å². The van der Waals surface area contributed by atoms with Gasteiger partial charge in [0.15, 0.2) is 0 Å². The summed E-state index contributed by atoms with van der Waals surface area (Å²) < 4.78 is 0. The number of hydrogen-bond donors (Lipinski definition) is 2. The van der Waals surface area contributed by atoms with E-state index in [1.165, 1.54) is 6.07 Å². The molecule has 0 fully saturated rings. The molecule has 6 nitrogen and oxygen atoms in total. The summed E-state index contributed by atoms with van der Waals surface area (Å²) in [5.41, 5.74) is -0.521. The van der Waals surface area contributed by atoms with Crippen LogP contribution in [0.25, 0.3) is 0 Å². The summed E-state index contributed by atoms with van der Waals surface area (Å²) >= 11 is 0. The summed E-state index contributed by atoms with van der Waals surface area (Å²) in [6.45, 7) is -0.423. The molecule has 1 aromatic heterocycles. The minimum Gasteiger partial charge on any atom is -0.391 e. The maximum absolute atomic E-state index is 10.9. The Morgan fingerprint density at radius 1 is 1.58 bits per heavy atom. The van der Waals surface area contributed by atoms with Gasteiger partial charge in [-0.25, -0.2) is 9.78 Å². The normalized spacial score (nSPS) is 9.75. The van der Waals surface area contributed by atoms with E-state index in [1.54, 1.807) is 0 Å². The zero-order valence-corrected chi connectivity index (χ0v) is 5.98. The van der Waals surface area contributed by atoms with Crippen LogP contribution in [-0.4, -0.2) is 15.0 Å². The number of pyridine rings is 1. The highest BCUT2D eigenvalue weighted by Crippen LogP contribution is 2.02. The molecule has 0 aliphatic carbocycles. The van der Waals surface area contributed by atoms with Gasteiger partial charge in [-0.05, 0) is 11.0 Å². The van der Waals surface area contributed by atoms with Crippen molar-refractivity contribution < 1.29 is 10.0 Å². The second kappa shape index (κ2) is 3.14. The van der Waals surface area contributed by atoms with Crippen LogP contribution in [0.5, 0.6) is 0 Å². The number of aromatic amines is 1. The maximum Gasteiger partial charge on any atom is 0.337 e. The van der Waals surface area contributed by atoms with Crippen molar-refractivity contribution in [1.82, 2.24) is 4.98 Å². The smallest absolute Gasteiger partial charge is 0.337 e. The Balaban J connectivity index is 3.19. The lowest BCUT2D eigenvalue weighted by Crippen LogP contribution is -2.13. The molecule has 0 unspecified atom stereocenters. The van der Waals surface area contributed by atoms with Crippen molar-refractivity contribution in [2.24, 2.45) is 0 Å². The molecule has 0 atom stereocenters. The zero-order valence-electron chi connectivity index (χ0n) is 5.98. The van der Waals surface area contributed by atoms with Gasteiger partial charge in [0.05, 0.1) is 12.2 Å². The van der Waals surface area contributed by atoms with E-state index in [0.717, 1.165) is 6.07 Å². The SMILES string of the molecule is O=c1[nH]c([N+](=O)[O-])ccc1CO. The Bertz CT molecular complexity index is 357. The first kappa shape index (κ1) is 8.41. The third kappa shape index (κ3) is 1.48. The molecule has 0 saturated carbocycles. The number of nitrogens with one attached hydrogen (secondary N) is 1. The Kier molecular flexibility index (Phi) is 2.20. The van der Waals surface area contributed by atoms with Crippen LogP contribution >= 0.6 is 0 Å². The van der Waals surface area contributed by atoms with Gasteiger partial charge in [-0.3, -0.25) is 0 Å². The minimum atomic E-state index is -0.706. The molecule has 6 heteroatoms. The monoisotopic (exact) mass is 170 g/mol. The van der Waals surface area contributed by atoms with Crippen molar-refractivity contribution >= 4 is 5.82 Å². The van der Waals surface area contributed by atoms with Gasteiger partial charge in [-0.15, -0.1) is 0 Å². The first-order valence-corrected chi connectivity index (χ1v) is 3.12. The molecule has 0 amide bonds. The Morgan fingerprint density at radius 3 is 2.67 bits per heavy atom. The molecule has 0 aromatic carbocycles. The van der Waals surface area contributed by atoms with Crippen LogP contribution in [0.2, 0.25) is 0 Å². The molecule has 0 aliphatic heterocycles. The van der Waals surface area contributed by atoms with E-state index in [0.29, 0.717) is 0 Å². The first-order chi connectivity index (χ1) is 5.65. The summed E-state index contributed by atoms with van der Waals surface area (Å²) in [5.74, 6) is -0.378. The second-order valence-corrected chi connectivity index (χ2v) is 2.11. The molecule has 0 spiro atoms. The topological polar surface area (TPSA) is 96.2 Å². The van der Waals surface area contributed by atoms with Gasteiger partial charge in [-0.1, -0.05) is 0 Å². The molecular formula is C6H6N2O4. The van der Waals surface area contributed by atoms with Crippen molar-refractivity contribution in [3.63, 3.8) is 0 Å². The van der Waals surface area contributed by atoms with Gasteiger partial charge >= 0.3 is 11.4 Å². The van der Waals surface area contributed by atoms with Crippen molar-refractivity contribution in [3.8, 4) is 0 Å². The number of rotatable bonds is 2. The fourth-order valence-electron chi connectivity index (χ4n) is 0.724. The standard InChI is InChI=1S/C6H6N2O4/c9-3-4-1-2-5(8(11)12)7-6(4)10/h1-2,9H,3H2,(H,7,10). The highest BCUT2D eigenvalue weighted by atomic mass is 16.6. The zero-order chi connectivity index (χ0) is 9.14. The van der Waals surface area contributed by atoms with Crippen LogP contribution < -0.4 is 5.56 Å². The molecule has 1 rings (SSSR count). The third-order valence-corrected chi connectivity index (χ3v) is 1.34. The van der Waals surface area contributed by atoms with Crippen molar-refractivity contribution in [2.75, 3.05) is 0 Å². The highest BCUT2D eigenvalue weighted by molar-refractivity contribution is 5.22. The Labute approximate surface area is 66.6 Å². The number of nitrogens with zero attached hydrogens (tertiary/aromatic N) is 1. The van der Waals surface area contributed by atoms with Crippen molar-refractivity contribution in [3.05, 3.63) is 38.2 Å². The minimum absolute atomic E-state index is 0.112. The fourth-order valence-corrected chi connectivity index (χ4v) is 0.724. The van der Waals surface area contributed by atoms with Gasteiger partial charge in [-0.2, -0.15) is 0 Å². The summed E-state index contributed by atoms with van der Waals surface area (Å²) in [4.78, 5) is 22.3. The number of hydrogen-bond acceptors (Lipinski definition) is 4. The molecule has 1 heterocycles. The fraction of sp³-hybridized carbons (Fsp3) is 0.167. The van der Waals surface area contributed by atoms with Gasteiger partial charge in [0.1, 0.15) is 0 Å². The van der Waals surface area contributed by atoms with Crippen LogP contribution in [0.3, 0.4) is 0 Å². The largest absolute Gasteiger partial charge is 0.391 e. The highest BCUT2D eigenvalue weighted by Gasteiger charge is 2.06. The van der Waals surface area contributed by atoms with Gasteiger partial charge in [0.25, 0.3) is 0 Å². The summed E-state index contributed by atoms with van der Waals surface area (Å²) in [6, 6.07) is 2.35. The van der Waals surface area contributed by atoms with E-state index in [4.69, 9.17) is 5.11 Å². The van der Waals surface area contributed by atoms with Crippen LogP contribution in [0, 0.1) is 10.1 Å². The molecular weight excluding hydrogens is 164 g/mol. The first-order valence-electron chi connectivity index (χ1n) is 3.12. The lowest BCUT2D eigenvalue weighted by molar-refractivity contribution is -0.389. The van der Waals surface area contributed by atoms with E-state index in [9.17, 15) is 14.9 Å². The van der Waals surface area contributed by atoms with Gasteiger partial charge in [0.2, 0.25) is 0 Å². The molecule has 0 aliphatic rings. The van der Waals surface area contributed by atoms with Gasteiger partial charge in [0, 0.05) is 6.07 Å². The predicted molar refractivity (Wildman–Crippen MR) is 39.6 cm³/mol. The molecule has 2 N–H and O–H groups in total. The molecule has 1 aromatic rings. The lowest BCUT2D eigenvalue weighted by atomic mass is 10.3. The maximum atomic E-state index is 10.9. The number of aliphatic hydroxyl groups is 1. The molecule has 12 heavy (non-hydrogen) atoms. The lowest BCUT2D eigenvalue weighted by Gasteiger charge is -1.94. The number of aliphatic hydroxyl groups excluding tert-OH is 1. The van der Waals surface area contributed by atoms with E-state index < -0.39 is 17.1 Å². The summed E-state index contributed by atoms with van der Waals surface area (Å²) in [7, 11) is 0. The number of nitro groups is 1. The van der Waals surface area contributed by atoms with Crippen LogP contribution in [0.4, 0.5) is 5.82 Å². The molecule has 0 radical (unpaired) electrons. The van der Waals surface area contributed by atoms with Gasteiger partial charge < -0.3 is 15.2 Å². The van der Waals surface area contributed by atoms with Crippen molar-refractivity contribution in [1.29, 1.82) is 0 Å². The van der Waals surface area contributed by atoms with E-state index in [2.05, 4.69) is 0 Å². The average Bonchev–Trinajstić information content (AvgIpc) is 2.04.